The van der Waals surface area contributed by atoms with Gasteiger partial charge in [-0.3, -0.25) is 20.2 Å². The van der Waals surface area contributed by atoms with Crippen molar-refractivity contribution in [2.45, 2.75) is 0 Å². The van der Waals surface area contributed by atoms with Crippen molar-refractivity contribution in [3.8, 4) is 0 Å². The smallest absolute Gasteiger partial charge is 0.433 e. The van der Waals surface area contributed by atoms with Gasteiger partial charge in [-0.2, -0.15) is 0 Å². The van der Waals surface area contributed by atoms with Crippen LogP contribution < -0.4 is 10.6 Å². The fourth-order valence-corrected chi connectivity index (χ4v) is 0.963. The number of furan rings is 1. The summed E-state index contributed by atoms with van der Waals surface area (Å²) in [4.78, 5) is 42.6. The molecule has 0 spiro atoms. The largest absolute Gasteiger partial charge is 0.450 e. The molecule has 0 radical (unpaired) electrons. The highest BCUT2D eigenvalue weighted by atomic mass is 16.7. The molecule has 0 unspecified atom stereocenters. The SMILES string of the molecule is CNC(=O)NC(=O)COC(=O)c1ccc([N+](=O)[O-])o1. The van der Waals surface area contributed by atoms with Crippen LogP contribution in [0.2, 0.25) is 0 Å². The molecule has 3 amide bonds. The third-order valence-corrected chi connectivity index (χ3v) is 1.79. The zero-order valence-corrected chi connectivity index (χ0v) is 9.67. The molecule has 0 aliphatic carbocycles. The molecule has 102 valence electrons. The van der Waals surface area contributed by atoms with Gasteiger partial charge in [-0.05, 0) is 6.07 Å². The lowest BCUT2D eigenvalue weighted by molar-refractivity contribution is -0.402. The van der Waals surface area contributed by atoms with Gasteiger partial charge in [-0.1, -0.05) is 0 Å². The predicted octanol–water partition coefficient (Wildman–Crippen LogP) is -0.200. The first-order valence-corrected chi connectivity index (χ1v) is 4.87. The summed E-state index contributed by atoms with van der Waals surface area (Å²) >= 11 is 0. The number of hydrogen-bond acceptors (Lipinski definition) is 7. The van der Waals surface area contributed by atoms with Crippen LogP contribution in [0.1, 0.15) is 10.6 Å². The summed E-state index contributed by atoms with van der Waals surface area (Å²) in [6.45, 7) is -0.721. The molecule has 10 heteroatoms. The van der Waals surface area contributed by atoms with Crippen LogP contribution in [0.15, 0.2) is 16.5 Å². The first-order chi connectivity index (χ1) is 8.93. The number of esters is 1. The Hall–Kier alpha value is -2.91. The molecule has 0 saturated carbocycles. The average molecular weight is 271 g/mol. The number of carbonyl (C=O) groups is 3. The molecule has 0 aliphatic heterocycles. The van der Waals surface area contributed by atoms with Crippen LogP contribution in [-0.4, -0.2) is 36.5 Å². The summed E-state index contributed by atoms with van der Waals surface area (Å²) in [7, 11) is 1.30. The molecular weight excluding hydrogens is 262 g/mol. The number of urea groups is 1. The number of ether oxygens (including phenoxy) is 1. The van der Waals surface area contributed by atoms with Crippen LogP contribution in [0, 0.1) is 10.1 Å². The van der Waals surface area contributed by atoms with E-state index < -0.39 is 41.1 Å². The monoisotopic (exact) mass is 271 g/mol. The zero-order chi connectivity index (χ0) is 14.4. The number of nitrogens with zero attached hydrogens (tertiary/aromatic N) is 1. The van der Waals surface area contributed by atoms with E-state index in [1.165, 1.54) is 7.05 Å². The number of nitro groups is 1. The summed E-state index contributed by atoms with van der Waals surface area (Å²) < 4.78 is 9.04. The fourth-order valence-electron chi connectivity index (χ4n) is 0.963. The molecule has 1 aromatic heterocycles. The van der Waals surface area contributed by atoms with Crippen LogP contribution in [-0.2, 0) is 9.53 Å². The highest BCUT2D eigenvalue weighted by molar-refractivity contribution is 5.96. The summed E-state index contributed by atoms with van der Waals surface area (Å²) in [5.74, 6) is -2.95. The molecule has 1 rings (SSSR count). The third-order valence-electron chi connectivity index (χ3n) is 1.79. The van der Waals surface area contributed by atoms with E-state index in [1.54, 1.807) is 0 Å². The molecule has 0 atom stereocenters. The summed E-state index contributed by atoms with van der Waals surface area (Å²) in [6, 6.07) is 1.26. The maximum Gasteiger partial charge on any atom is 0.433 e. The van der Waals surface area contributed by atoms with Gasteiger partial charge in [0, 0.05) is 7.05 Å². The maximum absolute atomic E-state index is 11.3. The number of imide groups is 1. The Morgan fingerprint density at radius 2 is 2.11 bits per heavy atom. The minimum absolute atomic E-state index is 0.417. The number of rotatable bonds is 4. The molecule has 0 aromatic carbocycles. The van der Waals surface area contributed by atoms with Gasteiger partial charge in [-0.25, -0.2) is 9.59 Å². The first kappa shape index (κ1) is 14.2. The van der Waals surface area contributed by atoms with E-state index in [1.807, 2.05) is 5.32 Å². The van der Waals surface area contributed by atoms with E-state index in [-0.39, 0.29) is 0 Å². The number of amides is 3. The number of nitrogens with one attached hydrogen (secondary N) is 2. The predicted molar refractivity (Wildman–Crippen MR) is 58.2 cm³/mol. The van der Waals surface area contributed by atoms with E-state index in [0.717, 1.165) is 12.1 Å². The lowest BCUT2D eigenvalue weighted by Crippen LogP contribution is -2.39. The average Bonchev–Trinajstić information content (AvgIpc) is 2.85. The molecular formula is C9H9N3O7. The zero-order valence-electron chi connectivity index (χ0n) is 9.67. The van der Waals surface area contributed by atoms with Gasteiger partial charge in [0.25, 0.3) is 5.91 Å². The van der Waals surface area contributed by atoms with Crippen molar-refractivity contribution in [2.75, 3.05) is 13.7 Å². The Kier molecular flexibility index (Phi) is 4.57. The molecule has 0 bridgehead atoms. The molecule has 1 aromatic rings. The van der Waals surface area contributed by atoms with Crippen molar-refractivity contribution in [1.29, 1.82) is 0 Å². The van der Waals surface area contributed by atoms with Crippen molar-refractivity contribution in [3.63, 3.8) is 0 Å². The van der Waals surface area contributed by atoms with Crippen LogP contribution in [0.5, 0.6) is 0 Å². The summed E-state index contributed by atoms with van der Waals surface area (Å²) in [6.07, 6.45) is 0. The van der Waals surface area contributed by atoms with Gasteiger partial charge >= 0.3 is 17.9 Å². The van der Waals surface area contributed by atoms with Crippen LogP contribution in [0.3, 0.4) is 0 Å². The Balaban J connectivity index is 2.48. The van der Waals surface area contributed by atoms with Crippen molar-refractivity contribution in [2.24, 2.45) is 0 Å². The fraction of sp³-hybridized carbons (Fsp3) is 0.222. The van der Waals surface area contributed by atoms with Crippen LogP contribution >= 0.6 is 0 Å². The van der Waals surface area contributed by atoms with E-state index in [9.17, 15) is 24.5 Å². The van der Waals surface area contributed by atoms with Gasteiger partial charge in [0.2, 0.25) is 5.76 Å². The third kappa shape index (κ3) is 4.11. The minimum Gasteiger partial charge on any atom is -0.450 e. The molecule has 19 heavy (non-hydrogen) atoms. The van der Waals surface area contributed by atoms with Crippen LogP contribution in [0.25, 0.3) is 0 Å². The van der Waals surface area contributed by atoms with Gasteiger partial charge < -0.3 is 14.5 Å². The Morgan fingerprint density at radius 1 is 1.42 bits per heavy atom. The van der Waals surface area contributed by atoms with Crippen LogP contribution in [0.4, 0.5) is 10.7 Å². The van der Waals surface area contributed by atoms with Gasteiger partial charge in [0.15, 0.2) is 6.61 Å². The Bertz CT molecular complexity index is 522. The molecule has 1 heterocycles. The lowest BCUT2D eigenvalue weighted by atomic mass is 10.4. The molecule has 0 aliphatic rings. The van der Waals surface area contributed by atoms with Crippen molar-refractivity contribution < 1.29 is 28.5 Å². The second kappa shape index (κ2) is 6.14. The Labute approximate surface area is 105 Å². The molecule has 10 nitrogen and oxygen atoms in total. The summed E-state index contributed by atoms with van der Waals surface area (Å²) in [5.41, 5.74) is 0. The van der Waals surface area contributed by atoms with E-state index >= 15 is 0 Å². The highest BCUT2D eigenvalue weighted by Crippen LogP contribution is 2.16. The maximum atomic E-state index is 11.3. The van der Waals surface area contributed by atoms with Crippen molar-refractivity contribution in [3.05, 3.63) is 28.0 Å². The van der Waals surface area contributed by atoms with E-state index in [2.05, 4.69) is 14.5 Å². The molecule has 0 fully saturated rings. The van der Waals surface area contributed by atoms with Gasteiger partial charge in [0.05, 0.1) is 6.07 Å². The number of hydrogen-bond donors (Lipinski definition) is 2. The molecule has 0 saturated heterocycles. The summed E-state index contributed by atoms with van der Waals surface area (Å²) in [5, 5.41) is 14.3. The lowest BCUT2D eigenvalue weighted by Gasteiger charge is -2.03. The van der Waals surface area contributed by atoms with Gasteiger partial charge in [-0.15, -0.1) is 0 Å². The normalized spacial score (nSPS) is 9.53. The standard InChI is InChI=1S/C9H9N3O7/c1-10-9(15)11-6(13)4-18-8(14)5-2-3-7(19-5)12(16)17/h2-3H,4H2,1H3,(H2,10,11,13,15). The van der Waals surface area contributed by atoms with E-state index in [0.29, 0.717) is 0 Å². The minimum atomic E-state index is -1.06. The first-order valence-electron chi connectivity index (χ1n) is 4.87. The molecule has 2 N–H and O–H groups in total. The highest BCUT2D eigenvalue weighted by Gasteiger charge is 2.19. The Morgan fingerprint density at radius 3 is 2.63 bits per heavy atom. The quantitative estimate of drug-likeness (QED) is 0.438. The number of carbonyl (C=O) groups excluding carboxylic acids is 3. The van der Waals surface area contributed by atoms with E-state index in [4.69, 9.17) is 0 Å². The second-order valence-corrected chi connectivity index (χ2v) is 3.10. The van der Waals surface area contributed by atoms with Gasteiger partial charge in [0.1, 0.15) is 4.92 Å². The van der Waals surface area contributed by atoms with Crippen molar-refractivity contribution in [1.82, 2.24) is 10.6 Å². The topological polar surface area (TPSA) is 141 Å². The second-order valence-electron chi connectivity index (χ2n) is 3.10. The van der Waals surface area contributed by atoms with Crippen molar-refractivity contribution >= 4 is 23.8 Å².